The van der Waals surface area contributed by atoms with E-state index in [-0.39, 0.29) is 18.5 Å². The highest BCUT2D eigenvalue weighted by molar-refractivity contribution is 4.88. The monoisotopic (exact) mass is 264 g/mol. The zero-order valence-electron chi connectivity index (χ0n) is 11.1. The molecular weight excluding hydrogens is 241 g/mol. The number of hydrogen-bond donors (Lipinski definition) is 2. The summed E-state index contributed by atoms with van der Waals surface area (Å²) in [6, 6.07) is 0. The number of hydrogen-bond acceptors (Lipinski definition) is 2. The molecule has 2 rings (SSSR count). The molecule has 2 N–H and O–H groups in total. The second-order valence-electron chi connectivity index (χ2n) is 6.10. The lowest BCUT2D eigenvalue weighted by Gasteiger charge is -2.41. The predicted molar refractivity (Wildman–Crippen MR) is 65.0 cm³/mol. The first kappa shape index (κ1) is 14.1. The molecule has 106 valence electrons. The minimum Gasteiger partial charge on any atom is -0.301 e. The molecule has 0 bridgehead atoms. The van der Waals surface area contributed by atoms with E-state index in [4.69, 9.17) is 0 Å². The van der Waals surface area contributed by atoms with Gasteiger partial charge in [0.2, 0.25) is 0 Å². The molecule has 1 saturated heterocycles. The second-order valence-corrected chi connectivity index (χ2v) is 6.10. The van der Waals surface area contributed by atoms with E-state index >= 15 is 0 Å². The van der Waals surface area contributed by atoms with Crippen LogP contribution in [0.25, 0.3) is 0 Å². The summed E-state index contributed by atoms with van der Waals surface area (Å²) in [4.78, 5) is 0. The van der Waals surface area contributed by atoms with Gasteiger partial charge in [0.25, 0.3) is 0 Å². The van der Waals surface area contributed by atoms with Crippen molar-refractivity contribution in [3.63, 3.8) is 0 Å². The molecule has 2 nitrogen and oxygen atoms in total. The smallest absolute Gasteiger partial charge is 0.301 e. The van der Waals surface area contributed by atoms with Crippen LogP contribution in [0.1, 0.15) is 33.1 Å². The lowest BCUT2D eigenvalue weighted by Crippen LogP contribution is -2.56. The van der Waals surface area contributed by atoms with Crippen LogP contribution >= 0.6 is 0 Å². The molecule has 3 atom stereocenters. The normalized spacial score (nSPS) is 42.8. The second kappa shape index (κ2) is 5.37. The van der Waals surface area contributed by atoms with Crippen molar-refractivity contribution in [2.24, 2.45) is 23.7 Å². The first-order valence-electron chi connectivity index (χ1n) is 6.91. The highest BCUT2D eigenvalue weighted by Gasteiger charge is 2.46. The fourth-order valence-electron chi connectivity index (χ4n) is 3.36. The maximum Gasteiger partial charge on any atom is 0.392 e. The van der Waals surface area contributed by atoms with Crippen LogP contribution in [0.3, 0.4) is 0 Å². The molecule has 0 amide bonds. The summed E-state index contributed by atoms with van der Waals surface area (Å²) in [5, 5.41) is 6.84. The van der Waals surface area contributed by atoms with Gasteiger partial charge in [-0.3, -0.25) is 0 Å². The topological polar surface area (TPSA) is 24.1 Å². The highest BCUT2D eigenvalue weighted by Crippen LogP contribution is 2.43. The fourth-order valence-corrected chi connectivity index (χ4v) is 3.36. The van der Waals surface area contributed by atoms with Gasteiger partial charge in [-0.15, -0.1) is 0 Å². The number of nitrogens with one attached hydrogen (secondary N) is 2. The molecule has 5 heteroatoms. The summed E-state index contributed by atoms with van der Waals surface area (Å²) >= 11 is 0. The van der Waals surface area contributed by atoms with Crippen molar-refractivity contribution in [1.82, 2.24) is 10.6 Å². The van der Waals surface area contributed by atoms with Gasteiger partial charge in [0, 0.05) is 13.1 Å². The van der Waals surface area contributed by atoms with E-state index in [1.807, 2.05) is 0 Å². The van der Waals surface area contributed by atoms with E-state index in [0.717, 1.165) is 13.1 Å². The van der Waals surface area contributed by atoms with Crippen LogP contribution in [0.2, 0.25) is 0 Å². The third kappa shape index (κ3) is 3.18. The van der Waals surface area contributed by atoms with E-state index in [9.17, 15) is 13.2 Å². The Hall–Kier alpha value is -0.290. The van der Waals surface area contributed by atoms with Crippen LogP contribution in [0.15, 0.2) is 0 Å². The molecule has 1 saturated carbocycles. The fraction of sp³-hybridized carbons (Fsp3) is 1.00. The van der Waals surface area contributed by atoms with Gasteiger partial charge in [0.1, 0.15) is 0 Å². The number of rotatable bonds is 1. The first-order valence-corrected chi connectivity index (χ1v) is 6.91. The highest BCUT2D eigenvalue weighted by atomic mass is 19.4. The van der Waals surface area contributed by atoms with E-state index in [1.165, 1.54) is 0 Å². The van der Waals surface area contributed by atoms with Crippen molar-refractivity contribution in [1.29, 1.82) is 0 Å². The van der Waals surface area contributed by atoms with E-state index in [2.05, 4.69) is 17.6 Å². The molecule has 0 aromatic rings. The summed E-state index contributed by atoms with van der Waals surface area (Å²) < 4.78 is 38.3. The van der Waals surface area contributed by atoms with E-state index in [0.29, 0.717) is 24.7 Å². The van der Waals surface area contributed by atoms with Crippen molar-refractivity contribution in [2.45, 2.75) is 45.5 Å². The van der Waals surface area contributed by atoms with Gasteiger partial charge in [0.15, 0.2) is 0 Å². The zero-order chi connectivity index (χ0) is 13.3. The Labute approximate surface area is 107 Å². The molecule has 18 heavy (non-hydrogen) atoms. The summed E-state index contributed by atoms with van der Waals surface area (Å²) in [7, 11) is 0. The standard InChI is InChI=1S/C13H23F3N2/c1-8-6-17-12(18-7-8)10-3-4-11(9(2)5-10)13(14,15)16/h8-12,17-18H,3-7H2,1-2H3. The third-order valence-electron chi connectivity index (χ3n) is 4.47. The average Bonchev–Trinajstić information content (AvgIpc) is 2.28. The Bertz CT molecular complexity index is 272. The SMILES string of the molecule is CC1CNC(C2CCC(C(F)(F)F)C(C)C2)NC1. The molecule has 1 aliphatic carbocycles. The quantitative estimate of drug-likeness (QED) is 0.761. The lowest BCUT2D eigenvalue weighted by atomic mass is 9.73. The van der Waals surface area contributed by atoms with Crippen molar-refractivity contribution in [3.05, 3.63) is 0 Å². The van der Waals surface area contributed by atoms with Crippen molar-refractivity contribution >= 4 is 0 Å². The Morgan fingerprint density at radius 2 is 1.61 bits per heavy atom. The Balaban J connectivity index is 1.88. The number of halogens is 3. The summed E-state index contributed by atoms with van der Waals surface area (Å²) in [6.07, 6.45) is -2.19. The van der Waals surface area contributed by atoms with Crippen LogP contribution < -0.4 is 10.6 Å². The molecule has 0 aromatic heterocycles. The van der Waals surface area contributed by atoms with Crippen LogP contribution in [-0.4, -0.2) is 25.4 Å². The lowest BCUT2D eigenvalue weighted by molar-refractivity contribution is -0.198. The van der Waals surface area contributed by atoms with Crippen molar-refractivity contribution < 1.29 is 13.2 Å². The van der Waals surface area contributed by atoms with Gasteiger partial charge >= 0.3 is 6.18 Å². The molecule has 0 spiro atoms. The van der Waals surface area contributed by atoms with Gasteiger partial charge < -0.3 is 10.6 Å². The third-order valence-corrected chi connectivity index (χ3v) is 4.47. The van der Waals surface area contributed by atoms with Gasteiger partial charge in [0.05, 0.1) is 12.1 Å². The van der Waals surface area contributed by atoms with E-state index in [1.54, 1.807) is 6.92 Å². The molecule has 1 aliphatic heterocycles. The van der Waals surface area contributed by atoms with Crippen LogP contribution in [0, 0.1) is 23.7 Å². The zero-order valence-corrected chi connectivity index (χ0v) is 11.1. The molecule has 2 fully saturated rings. The molecule has 1 heterocycles. The summed E-state index contributed by atoms with van der Waals surface area (Å²) in [6.45, 7) is 5.84. The van der Waals surface area contributed by atoms with E-state index < -0.39 is 12.1 Å². The van der Waals surface area contributed by atoms with Crippen LogP contribution in [0.4, 0.5) is 13.2 Å². The number of alkyl halides is 3. The largest absolute Gasteiger partial charge is 0.392 e. The average molecular weight is 264 g/mol. The van der Waals surface area contributed by atoms with Gasteiger partial charge in [-0.05, 0) is 37.0 Å². The summed E-state index contributed by atoms with van der Waals surface area (Å²) in [5.74, 6) is -0.417. The molecular formula is C13H23F3N2. The minimum atomic E-state index is -4.02. The van der Waals surface area contributed by atoms with Gasteiger partial charge in [-0.2, -0.15) is 13.2 Å². The van der Waals surface area contributed by atoms with Crippen LogP contribution in [-0.2, 0) is 0 Å². The Morgan fingerprint density at radius 1 is 1.00 bits per heavy atom. The molecule has 0 aromatic carbocycles. The molecule has 2 aliphatic rings. The van der Waals surface area contributed by atoms with Crippen LogP contribution in [0.5, 0.6) is 0 Å². The maximum absolute atomic E-state index is 12.8. The molecule has 0 radical (unpaired) electrons. The van der Waals surface area contributed by atoms with Gasteiger partial charge in [-0.25, -0.2) is 0 Å². The Morgan fingerprint density at radius 3 is 2.11 bits per heavy atom. The summed E-state index contributed by atoms with van der Waals surface area (Å²) in [5.41, 5.74) is 0. The van der Waals surface area contributed by atoms with Crippen molar-refractivity contribution in [3.8, 4) is 0 Å². The Kier molecular flexibility index (Phi) is 4.22. The van der Waals surface area contributed by atoms with Gasteiger partial charge in [-0.1, -0.05) is 13.8 Å². The predicted octanol–water partition coefficient (Wildman–Crippen LogP) is 2.76. The van der Waals surface area contributed by atoms with Crippen molar-refractivity contribution in [2.75, 3.05) is 13.1 Å². The molecule has 3 unspecified atom stereocenters. The maximum atomic E-state index is 12.8. The minimum absolute atomic E-state index is 0.206. The first-order chi connectivity index (χ1) is 8.38.